The van der Waals surface area contributed by atoms with Crippen molar-refractivity contribution < 1.29 is 0 Å². The molecule has 1 nitrogen and oxygen atoms in total. The Hall–Kier alpha value is -0.0400. The minimum atomic E-state index is 0.530. The Bertz CT molecular complexity index is 76.8. The van der Waals surface area contributed by atoms with Crippen LogP contribution in [0.2, 0.25) is 0 Å². The Morgan fingerprint density at radius 2 is 1.80 bits per heavy atom. The first-order valence-corrected chi connectivity index (χ1v) is 4.33. The maximum atomic E-state index is 3.34. The second-order valence-electron chi connectivity index (χ2n) is 3.62. The van der Waals surface area contributed by atoms with Crippen molar-refractivity contribution >= 4 is 0 Å². The third-order valence-electron chi connectivity index (χ3n) is 2.19. The van der Waals surface area contributed by atoms with Crippen LogP contribution in [0.4, 0.5) is 0 Å². The molecule has 0 aliphatic carbocycles. The summed E-state index contributed by atoms with van der Waals surface area (Å²) in [5.74, 6) is 0. The standard InChI is InChI=1S/C9H21N/c1-5-9(3,4)7-8-10-6-2/h10H,5-8H2,1-4H3. The fourth-order valence-electron chi connectivity index (χ4n) is 0.780. The van der Waals surface area contributed by atoms with Gasteiger partial charge in [-0.25, -0.2) is 0 Å². The van der Waals surface area contributed by atoms with E-state index >= 15 is 0 Å². The Morgan fingerprint density at radius 1 is 1.20 bits per heavy atom. The van der Waals surface area contributed by atoms with Gasteiger partial charge in [0, 0.05) is 0 Å². The van der Waals surface area contributed by atoms with Gasteiger partial charge >= 0.3 is 0 Å². The monoisotopic (exact) mass is 143 g/mol. The van der Waals surface area contributed by atoms with Crippen LogP contribution in [0.3, 0.4) is 0 Å². The lowest BCUT2D eigenvalue weighted by molar-refractivity contribution is 0.317. The molecule has 0 aliphatic heterocycles. The molecule has 0 aliphatic rings. The Morgan fingerprint density at radius 3 is 2.20 bits per heavy atom. The number of hydrogen-bond donors (Lipinski definition) is 1. The van der Waals surface area contributed by atoms with Crippen molar-refractivity contribution in [1.82, 2.24) is 5.32 Å². The molecule has 0 fully saturated rings. The highest BCUT2D eigenvalue weighted by Crippen LogP contribution is 2.23. The predicted octanol–water partition coefficient (Wildman–Crippen LogP) is 2.42. The molecular weight excluding hydrogens is 122 g/mol. The van der Waals surface area contributed by atoms with E-state index in [9.17, 15) is 0 Å². The van der Waals surface area contributed by atoms with Crippen molar-refractivity contribution in [1.29, 1.82) is 0 Å². The van der Waals surface area contributed by atoms with Crippen molar-refractivity contribution in [2.75, 3.05) is 13.1 Å². The van der Waals surface area contributed by atoms with Gasteiger partial charge in [-0.2, -0.15) is 0 Å². The van der Waals surface area contributed by atoms with E-state index in [-0.39, 0.29) is 0 Å². The molecule has 0 aromatic carbocycles. The first-order valence-electron chi connectivity index (χ1n) is 4.33. The van der Waals surface area contributed by atoms with E-state index in [1.807, 2.05) is 0 Å². The molecule has 0 heterocycles. The maximum absolute atomic E-state index is 3.34. The van der Waals surface area contributed by atoms with Crippen LogP contribution < -0.4 is 5.32 Å². The topological polar surface area (TPSA) is 12.0 Å². The molecule has 1 N–H and O–H groups in total. The number of rotatable bonds is 5. The fourth-order valence-corrected chi connectivity index (χ4v) is 0.780. The second kappa shape index (κ2) is 4.73. The molecule has 0 atom stereocenters. The SMILES string of the molecule is CCNCCC(C)(C)CC. The summed E-state index contributed by atoms with van der Waals surface area (Å²) < 4.78 is 0. The summed E-state index contributed by atoms with van der Waals surface area (Å²) in [4.78, 5) is 0. The largest absolute Gasteiger partial charge is 0.317 e. The smallest absolute Gasteiger partial charge is 0.00439 e. The first kappa shape index (κ1) is 9.96. The van der Waals surface area contributed by atoms with Crippen molar-refractivity contribution in [3.8, 4) is 0 Å². The van der Waals surface area contributed by atoms with Gasteiger partial charge in [-0.1, -0.05) is 34.1 Å². The van der Waals surface area contributed by atoms with Crippen LogP contribution in [0.25, 0.3) is 0 Å². The summed E-state index contributed by atoms with van der Waals surface area (Å²) in [5.41, 5.74) is 0.530. The molecule has 10 heavy (non-hydrogen) atoms. The minimum Gasteiger partial charge on any atom is -0.317 e. The van der Waals surface area contributed by atoms with Gasteiger partial charge in [0.25, 0.3) is 0 Å². The van der Waals surface area contributed by atoms with Crippen LogP contribution in [-0.2, 0) is 0 Å². The summed E-state index contributed by atoms with van der Waals surface area (Å²) in [6.45, 7) is 11.3. The van der Waals surface area contributed by atoms with Gasteiger partial charge in [0.15, 0.2) is 0 Å². The van der Waals surface area contributed by atoms with Gasteiger partial charge in [0.05, 0.1) is 0 Å². The van der Waals surface area contributed by atoms with Gasteiger partial charge in [-0.05, 0) is 24.9 Å². The quantitative estimate of drug-likeness (QED) is 0.583. The van der Waals surface area contributed by atoms with E-state index in [1.54, 1.807) is 0 Å². The molecule has 0 unspecified atom stereocenters. The summed E-state index contributed by atoms with van der Waals surface area (Å²) in [5, 5.41) is 3.34. The van der Waals surface area contributed by atoms with Gasteiger partial charge < -0.3 is 5.32 Å². The molecule has 0 saturated carbocycles. The van der Waals surface area contributed by atoms with Crippen molar-refractivity contribution in [2.45, 2.75) is 40.5 Å². The van der Waals surface area contributed by atoms with E-state index in [0.717, 1.165) is 13.1 Å². The lowest BCUT2D eigenvalue weighted by Gasteiger charge is -2.22. The van der Waals surface area contributed by atoms with Crippen molar-refractivity contribution in [2.24, 2.45) is 5.41 Å². The van der Waals surface area contributed by atoms with E-state index in [1.165, 1.54) is 12.8 Å². The average Bonchev–Trinajstić information content (AvgIpc) is 1.89. The zero-order valence-electron chi connectivity index (χ0n) is 7.83. The molecule has 0 rings (SSSR count). The van der Waals surface area contributed by atoms with Gasteiger partial charge in [-0.15, -0.1) is 0 Å². The predicted molar refractivity (Wildman–Crippen MR) is 47.2 cm³/mol. The zero-order valence-corrected chi connectivity index (χ0v) is 7.83. The minimum absolute atomic E-state index is 0.530. The van der Waals surface area contributed by atoms with Crippen LogP contribution in [0.1, 0.15) is 40.5 Å². The maximum Gasteiger partial charge on any atom is -0.00439 e. The Kier molecular flexibility index (Phi) is 4.71. The lowest BCUT2D eigenvalue weighted by Crippen LogP contribution is -2.21. The first-order chi connectivity index (χ1) is 4.62. The highest BCUT2D eigenvalue weighted by atomic mass is 14.8. The highest BCUT2D eigenvalue weighted by Gasteiger charge is 2.13. The molecule has 0 aromatic heterocycles. The molecule has 0 bridgehead atoms. The molecule has 0 spiro atoms. The van der Waals surface area contributed by atoms with Crippen molar-refractivity contribution in [3.05, 3.63) is 0 Å². The zero-order chi connectivity index (χ0) is 8.04. The van der Waals surface area contributed by atoms with Crippen LogP contribution in [-0.4, -0.2) is 13.1 Å². The summed E-state index contributed by atoms with van der Waals surface area (Å²) in [6, 6.07) is 0. The second-order valence-corrected chi connectivity index (χ2v) is 3.62. The fraction of sp³-hybridized carbons (Fsp3) is 1.00. The number of hydrogen-bond acceptors (Lipinski definition) is 1. The highest BCUT2D eigenvalue weighted by molar-refractivity contribution is 4.66. The molecule has 1 heteroatoms. The molecule has 0 radical (unpaired) electrons. The van der Waals surface area contributed by atoms with Crippen LogP contribution in [0.15, 0.2) is 0 Å². The molecule has 62 valence electrons. The van der Waals surface area contributed by atoms with E-state index in [4.69, 9.17) is 0 Å². The molecule has 0 amide bonds. The molecule has 0 saturated heterocycles. The van der Waals surface area contributed by atoms with Gasteiger partial charge in [0.1, 0.15) is 0 Å². The van der Waals surface area contributed by atoms with Gasteiger partial charge in [-0.3, -0.25) is 0 Å². The molecular formula is C9H21N. The molecule has 0 aromatic rings. The van der Waals surface area contributed by atoms with Crippen molar-refractivity contribution in [3.63, 3.8) is 0 Å². The third-order valence-corrected chi connectivity index (χ3v) is 2.19. The summed E-state index contributed by atoms with van der Waals surface area (Å²) in [6.07, 6.45) is 2.57. The van der Waals surface area contributed by atoms with Crippen LogP contribution in [0.5, 0.6) is 0 Å². The van der Waals surface area contributed by atoms with E-state index < -0.39 is 0 Å². The Labute approximate surface area is 65.2 Å². The third kappa shape index (κ3) is 4.80. The average molecular weight is 143 g/mol. The van der Waals surface area contributed by atoms with Crippen LogP contribution >= 0.6 is 0 Å². The summed E-state index contributed by atoms with van der Waals surface area (Å²) in [7, 11) is 0. The lowest BCUT2D eigenvalue weighted by atomic mass is 9.87. The van der Waals surface area contributed by atoms with E-state index in [0.29, 0.717) is 5.41 Å². The van der Waals surface area contributed by atoms with E-state index in [2.05, 4.69) is 33.0 Å². The number of nitrogens with one attached hydrogen (secondary N) is 1. The summed E-state index contributed by atoms with van der Waals surface area (Å²) >= 11 is 0. The normalized spacial score (nSPS) is 12.0. The van der Waals surface area contributed by atoms with Gasteiger partial charge in [0.2, 0.25) is 0 Å². The van der Waals surface area contributed by atoms with Crippen LogP contribution in [0, 0.1) is 5.41 Å². The Balaban J connectivity index is 3.28.